The van der Waals surface area contributed by atoms with Crippen LogP contribution in [0.4, 0.5) is 0 Å². The topological polar surface area (TPSA) is 49.7 Å². The first kappa shape index (κ1) is 24.7. The molecule has 0 aliphatic heterocycles. The van der Waals surface area contributed by atoms with Gasteiger partial charge in [-0.3, -0.25) is 0 Å². The highest BCUT2D eigenvalue weighted by Gasteiger charge is 2.59. The van der Waals surface area contributed by atoms with Crippen LogP contribution in [0.15, 0.2) is 11.6 Å². The van der Waals surface area contributed by atoms with Crippen LogP contribution >= 0.6 is 0 Å². The maximum atomic E-state index is 10.8. The number of allylic oxidation sites excluding steroid dienone is 1. The molecule has 0 heterocycles. The van der Waals surface area contributed by atoms with Crippen LogP contribution in [0.5, 0.6) is 0 Å². The molecule has 3 heteroatoms. The molecule has 4 rings (SSSR count). The molecular weight excluding hydrogens is 396 g/mol. The van der Waals surface area contributed by atoms with E-state index >= 15 is 0 Å². The molecule has 9 atom stereocenters. The minimum atomic E-state index is -0.609. The van der Waals surface area contributed by atoms with E-state index in [4.69, 9.17) is 4.74 Å². The van der Waals surface area contributed by atoms with Gasteiger partial charge in [0.05, 0.1) is 11.2 Å². The summed E-state index contributed by atoms with van der Waals surface area (Å²) in [4.78, 5) is 0. The van der Waals surface area contributed by atoms with Gasteiger partial charge in [-0.2, -0.15) is 0 Å². The summed E-state index contributed by atoms with van der Waals surface area (Å²) in [6.07, 6.45) is 15.0. The zero-order valence-electron chi connectivity index (χ0n) is 21.8. The van der Waals surface area contributed by atoms with Gasteiger partial charge in [0.1, 0.15) is 0 Å². The zero-order chi connectivity index (χ0) is 23.4. The Hall–Kier alpha value is -0.380. The highest BCUT2D eigenvalue weighted by molar-refractivity contribution is 5.26. The summed E-state index contributed by atoms with van der Waals surface area (Å²) in [5.74, 6) is 3.94. The lowest BCUT2D eigenvalue weighted by molar-refractivity contribution is -0.0717. The minimum absolute atomic E-state index is 0.316. The first-order chi connectivity index (χ1) is 14.9. The lowest BCUT2D eigenvalue weighted by Gasteiger charge is -2.59. The van der Waals surface area contributed by atoms with Gasteiger partial charge in [-0.05, 0) is 125 Å². The van der Waals surface area contributed by atoms with Crippen molar-refractivity contribution in [1.29, 1.82) is 0 Å². The van der Waals surface area contributed by atoms with Crippen molar-refractivity contribution in [2.75, 3.05) is 13.7 Å². The van der Waals surface area contributed by atoms with Crippen molar-refractivity contribution >= 4 is 0 Å². The Kier molecular flexibility index (Phi) is 6.71. The van der Waals surface area contributed by atoms with Crippen molar-refractivity contribution in [3.05, 3.63) is 11.6 Å². The van der Waals surface area contributed by atoms with Crippen LogP contribution in [0.2, 0.25) is 0 Å². The van der Waals surface area contributed by atoms with E-state index in [0.29, 0.717) is 23.4 Å². The molecule has 3 nitrogen and oxygen atoms in total. The summed E-state index contributed by atoms with van der Waals surface area (Å²) in [7, 11) is 1.72. The Balaban J connectivity index is 1.45. The predicted molar refractivity (Wildman–Crippen MR) is 131 cm³/mol. The van der Waals surface area contributed by atoms with Crippen molar-refractivity contribution in [2.45, 2.75) is 116 Å². The third-order valence-corrected chi connectivity index (χ3v) is 11.1. The average molecular weight is 447 g/mol. The predicted octanol–water partition coefficient (Wildman–Crippen LogP) is 6.52. The molecule has 0 aromatic rings. The quantitative estimate of drug-likeness (QED) is 0.438. The van der Waals surface area contributed by atoms with E-state index in [1.54, 1.807) is 12.7 Å². The molecule has 0 bridgehead atoms. The summed E-state index contributed by atoms with van der Waals surface area (Å²) >= 11 is 0. The lowest BCUT2D eigenvalue weighted by Crippen LogP contribution is -2.52. The Morgan fingerprint density at radius 1 is 1.09 bits per heavy atom. The molecule has 4 aliphatic carbocycles. The second-order valence-corrected chi connectivity index (χ2v) is 13.4. The van der Waals surface area contributed by atoms with Gasteiger partial charge in [-0.25, -0.2) is 0 Å². The van der Waals surface area contributed by atoms with Gasteiger partial charge in [0.15, 0.2) is 0 Å². The number of rotatable bonds is 7. The summed E-state index contributed by atoms with van der Waals surface area (Å²) in [5, 5.41) is 21.5. The van der Waals surface area contributed by atoms with Crippen molar-refractivity contribution in [3.8, 4) is 0 Å². The smallest absolute Gasteiger partial charge is 0.0657 e. The molecule has 184 valence electrons. The van der Waals surface area contributed by atoms with Crippen LogP contribution in [0, 0.1) is 40.4 Å². The molecule has 0 spiro atoms. The zero-order valence-corrected chi connectivity index (χ0v) is 21.8. The molecule has 4 aliphatic rings. The largest absolute Gasteiger partial charge is 0.390 e. The second-order valence-electron chi connectivity index (χ2n) is 13.4. The highest BCUT2D eigenvalue weighted by Crippen LogP contribution is 2.67. The number of hydrogen-bond acceptors (Lipinski definition) is 3. The van der Waals surface area contributed by atoms with Crippen molar-refractivity contribution in [1.82, 2.24) is 0 Å². The van der Waals surface area contributed by atoms with Crippen LogP contribution in [0.1, 0.15) is 105 Å². The molecule has 0 aromatic carbocycles. The Labute approximate surface area is 197 Å². The third-order valence-electron chi connectivity index (χ3n) is 11.1. The van der Waals surface area contributed by atoms with E-state index in [9.17, 15) is 10.2 Å². The van der Waals surface area contributed by atoms with E-state index in [1.807, 2.05) is 13.8 Å². The van der Waals surface area contributed by atoms with E-state index in [1.165, 1.54) is 32.1 Å². The summed E-state index contributed by atoms with van der Waals surface area (Å²) in [6, 6.07) is 0. The fourth-order valence-corrected chi connectivity index (χ4v) is 8.97. The van der Waals surface area contributed by atoms with Crippen molar-refractivity contribution in [3.63, 3.8) is 0 Å². The minimum Gasteiger partial charge on any atom is -0.390 e. The molecular formula is C29H50O3. The summed E-state index contributed by atoms with van der Waals surface area (Å²) in [6.45, 7) is 12.3. The number of hydrogen-bond donors (Lipinski definition) is 2. The molecule has 32 heavy (non-hydrogen) atoms. The van der Waals surface area contributed by atoms with Crippen LogP contribution in [-0.4, -0.2) is 35.1 Å². The Morgan fingerprint density at radius 2 is 1.84 bits per heavy atom. The maximum Gasteiger partial charge on any atom is 0.0657 e. The summed E-state index contributed by atoms with van der Waals surface area (Å²) in [5.41, 5.74) is 1.23. The summed E-state index contributed by atoms with van der Waals surface area (Å²) < 4.78 is 5.20. The van der Waals surface area contributed by atoms with Crippen LogP contribution in [-0.2, 0) is 4.74 Å². The molecule has 3 fully saturated rings. The molecule has 0 saturated heterocycles. The molecule has 2 unspecified atom stereocenters. The van der Waals surface area contributed by atoms with E-state index < -0.39 is 11.2 Å². The van der Waals surface area contributed by atoms with Gasteiger partial charge in [-0.1, -0.05) is 32.4 Å². The number of fused-ring (bicyclic) bond motifs is 5. The number of aliphatic hydroxyl groups is 2. The fourth-order valence-electron chi connectivity index (χ4n) is 8.97. The monoisotopic (exact) mass is 446 g/mol. The lowest BCUT2D eigenvalue weighted by atomic mass is 9.46. The fraction of sp³-hybridized carbons (Fsp3) is 0.931. The highest BCUT2D eigenvalue weighted by atomic mass is 16.5. The average Bonchev–Trinajstić information content (AvgIpc) is 3.08. The van der Waals surface area contributed by atoms with Crippen LogP contribution in [0.3, 0.4) is 0 Å². The molecule has 3 saturated carbocycles. The van der Waals surface area contributed by atoms with Crippen molar-refractivity contribution in [2.24, 2.45) is 40.4 Å². The molecule has 2 N–H and O–H groups in total. The van der Waals surface area contributed by atoms with E-state index in [2.05, 4.69) is 26.8 Å². The van der Waals surface area contributed by atoms with Gasteiger partial charge in [-0.15, -0.1) is 0 Å². The Bertz CT molecular complexity index is 709. The first-order valence-corrected chi connectivity index (χ1v) is 13.6. The van der Waals surface area contributed by atoms with Crippen molar-refractivity contribution < 1.29 is 14.9 Å². The molecule has 0 aromatic heterocycles. The van der Waals surface area contributed by atoms with Crippen LogP contribution in [0.25, 0.3) is 0 Å². The Morgan fingerprint density at radius 3 is 2.56 bits per heavy atom. The van der Waals surface area contributed by atoms with E-state index in [-0.39, 0.29) is 0 Å². The van der Waals surface area contributed by atoms with Gasteiger partial charge in [0, 0.05) is 13.7 Å². The SMILES string of the molecule is COCCC(C)(O)CC[C@@H](C)[C@H]1CC[C@H]2[C@@H]3CC=C4C[C@@](C)(O)CC[C@]4(C)[C@H]3CCC12C. The van der Waals surface area contributed by atoms with Gasteiger partial charge in [0.25, 0.3) is 0 Å². The molecule has 0 amide bonds. The number of methoxy groups -OCH3 is 1. The normalized spacial score (nSPS) is 46.4. The molecule has 0 radical (unpaired) electrons. The van der Waals surface area contributed by atoms with Gasteiger partial charge < -0.3 is 14.9 Å². The first-order valence-electron chi connectivity index (χ1n) is 13.6. The van der Waals surface area contributed by atoms with E-state index in [0.717, 1.165) is 62.2 Å². The standard InChI is InChI=1S/C29H50O3/c1-20(11-13-26(2,30)17-18-32-6)23-9-10-24-22-8-7-21-19-27(3,31)15-16-28(21,4)25(22)12-14-29(23,24)5/h7,20,22-25,30-31H,8-19H2,1-6H3/t20-,22+,23-,24+,25+,26?,27+,28+,29?/m1/s1. The second kappa shape index (κ2) is 8.68. The third kappa shape index (κ3) is 4.36. The van der Waals surface area contributed by atoms with Crippen LogP contribution < -0.4 is 0 Å². The number of ether oxygens (including phenoxy) is 1. The maximum absolute atomic E-state index is 10.8. The van der Waals surface area contributed by atoms with Gasteiger partial charge >= 0.3 is 0 Å². The van der Waals surface area contributed by atoms with Gasteiger partial charge in [0.2, 0.25) is 0 Å².